The van der Waals surface area contributed by atoms with Crippen molar-refractivity contribution in [2.75, 3.05) is 6.54 Å². The summed E-state index contributed by atoms with van der Waals surface area (Å²) in [6.45, 7) is -0.951. The number of non-ortho nitro benzene ring substituents is 1. The van der Waals surface area contributed by atoms with E-state index in [1.54, 1.807) is 0 Å². The second-order valence-corrected chi connectivity index (χ2v) is 3.98. The number of nitrogens with one attached hydrogen (secondary N) is 1. The van der Waals surface area contributed by atoms with Crippen LogP contribution >= 0.6 is 0 Å². The highest BCUT2D eigenvalue weighted by Gasteiger charge is 2.37. The van der Waals surface area contributed by atoms with Crippen LogP contribution in [0.2, 0.25) is 0 Å². The Morgan fingerprint density at radius 3 is 2.43 bits per heavy atom. The Morgan fingerprint density at radius 1 is 1.38 bits per heavy atom. The first-order valence-electron chi connectivity index (χ1n) is 5.65. The van der Waals surface area contributed by atoms with Gasteiger partial charge in [-0.2, -0.15) is 13.2 Å². The van der Waals surface area contributed by atoms with Crippen molar-refractivity contribution < 1.29 is 28.0 Å². The van der Waals surface area contributed by atoms with Gasteiger partial charge in [0.2, 0.25) is 5.91 Å². The lowest BCUT2D eigenvalue weighted by molar-refractivity contribution is -0.384. The van der Waals surface area contributed by atoms with Gasteiger partial charge in [-0.3, -0.25) is 14.9 Å². The zero-order valence-electron chi connectivity index (χ0n) is 10.5. The number of rotatable bonds is 5. The number of halogens is 3. The van der Waals surface area contributed by atoms with E-state index in [0.717, 1.165) is 6.08 Å². The topological polar surface area (TPSA) is 92.5 Å². The summed E-state index contributed by atoms with van der Waals surface area (Å²) in [5.41, 5.74) is 0.344. The van der Waals surface area contributed by atoms with Crippen molar-refractivity contribution >= 4 is 17.7 Å². The summed E-state index contributed by atoms with van der Waals surface area (Å²) in [6, 6.07) is 5.22. The van der Waals surface area contributed by atoms with Crippen molar-refractivity contribution in [1.29, 1.82) is 0 Å². The summed E-state index contributed by atoms with van der Waals surface area (Å²) in [6.07, 6.45) is -5.19. The van der Waals surface area contributed by atoms with Gasteiger partial charge in [-0.15, -0.1) is 0 Å². The number of nitro groups is 1. The molecule has 0 fully saturated rings. The van der Waals surface area contributed by atoms with Gasteiger partial charge in [-0.05, 0) is 23.8 Å². The minimum Gasteiger partial charge on any atom is -0.382 e. The van der Waals surface area contributed by atoms with E-state index in [1.807, 2.05) is 5.32 Å². The Labute approximate surface area is 117 Å². The zero-order chi connectivity index (χ0) is 16.0. The molecule has 1 atom stereocenters. The molecule has 1 aromatic rings. The number of alkyl halides is 3. The first-order chi connectivity index (χ1) is 9.70. The quantitative estimate of drug-likeness (QED) is 0.491. The number of benzene rings is 1. The third kappa shape index (κ3) is 5.61. The molecule has 0 heterocycles. The van der Waals surface area contributed by atoms with Crippen LogP contribution in [0.25, 0.3) is 6.08 Å². The number of carbonyl (C=O) groups excluding carboxylic acids is 1. The van der Waals surface area contributed by atoms with Gasteiger partial charge in [-0.25, -0.2) is 0 Å². The SMILES string of the molecule is O=C(/C=C/c1ccc([N+](=O)[O-])cc1)NCC(O)C(F)(F)F. The Balaban J connectivity index is 2.52. The largest absolute Gasteiger partial charge is 0.416 e. The van der Waals surface area contributed by atoms with E-state index in [1.165, 1.54) is 30.3 Å². The normalized spacial score (nSPS) is 13.1. The molecule has 1 rings (SSSR count). The molecule has 6 nitrogen and oxygen atoms in total. The third-order valence-electron chi connectivity index (χ3n) is 2.38. The van der Waals surface area contributed by atoms with Crippen LogP contribution in [-0.2, 0) is 4.79 Å². The molecule has 0 saturated heterocycles. The molecule has 21 heavy (non-hydrogen) atoms. The molecule has 0 aliphatic carbocycles. The molecule has 2 N–H and O–H groups in total. The number of aliphatic hydroxyl groups excluding tert-OH is 1. The molecule has 0 spiro atoms. The first kappa shape index (κ1) is 16.6. The average Bonchev–Trinajstić information content (AvgIpc) is 2.41. The summed E-state index contributed by atoms with van der Waals surface area (Å²) in [4.78, 5) is 21.1. The molecule has 114 valence electrons. The molecular weight excluding hydrogens is 293 g/mol. The molecular formula is C12H11F3N2O4. The lowest BCUT2D eigenvalue weighted by atomic mass is 10.2. The Bertz CT molecular complexity index is 540. The molecule has 0 saturated carbocycles. The number of nitro benzene ring substituents is 1. The van der Waals surface area contributed by atoms with Crippen LogP contribution in [0.5, 0.6) is 0 Å². The van der Waals surface area contributed by atoms with E-state index < -0.39 is 29.7 Å². The van der Waals surface area contributed by atoms with Crippen molar-refractivity contribution in [3.05, 3.63) is 46.0 Å². The predicted octanol–water partition coefficient (Wildman–Crippen LogP) is 1.65. The second-order valence-electron chi connectivity index (χ2n) is 3.98. The van der Waals surface area contributed by atoms with Gasteiger partial charge in [0.05, 0.1) is 11.5 Å². The minimum atomic E-state index is -4.80. The summed E-state index contributed by atoms with van der Waals surface area (Å²) in [5, 5.41) is 21.0. The van der Waals surface area contributed by atoms with E-state index in [0.29, 0.717) is 5.56 Å². The van der Waals surface area contributed by atoms with Crippen LogP contribution in [0.4, 0.5) is 18.9 Å². The van der Waals surface area contributed by atoms with Crippen molar-refractivity contribution in [2.24, 2.45) is 0 Å². The number of hydrogen-bond donors (Lipinski definition) is 2. The van der Waals surface area contributed by atoms with Gasteiger partial charge in [0.15, 0.2) is 6.10 Å². The average molecular weight is 304 g/mol. The molecule has 0 aromatic heterocycles. The van der Waals surface area contributed by atoms with Crippen molar-refractivity contribution in [3.63, 3.8) is 0 Å². The number of amides is 1. The standard InChI is InChI=1S/C12H11F3N2O4/c13-12(14,15)10(18)7-16-11(19)6-3-8-1-4-9(5-2-8)17(20)21/h1-6,10,18H,7H2,(H,16,19)/b6-3+. The van der Waals surface area contributed by atoms with Crippen molar-refractivity contribution in [1.82, 2.24) is 5.32 Å². The van der Waals surface area contributed by atoms with Crippen LogP contribution < -0.4 is 5.32 Å². The second kappa shape index (κ2) is 6.84. The fourth-order valence-corrected chi connectivity index (χ4v) is 1.25. The fourth-order valence-electron chi connectivity index (χ4n) is 1.25. The lowest BCUT2D eigenvalue weighted by Crippen LogP contribution is -2.40. The van der Waals surface area contributed by atoms with Gasteiger partial charge in [0, 0.05) is 18.2 Å². The molecule has 0 aliphatic heterocycles. The summed E-state index contributed by atoms with van der Waals surface area (Å²) in [5.74, 6) is -0.823. The summed E-state index contributed by atoms with van der Waals surface area (Å²) >= 11 is 0. The smallest absolute Gasteiger partial charge is 0.382 e. The third-order valence-corrected chi connectivity index (χ3v) is 2.38. The summed E-state index contributed by atoms with van der Waals surface area (Å²) < 4.78 is 35.9. The Hall–Kier alpha value is -2.42. The molecule has 1 amide bonds. The number of nitrogens with zero attached hydrogens (tertiary/aromatic N) is 1. The maximum Gasteiger partial charge on any atom is 0.416 e. The van der Waals surface area contributed by atoms with Crippen LogP contribution in [0, 0.1) is 10.1 Å². The van der Waals surface area contributed by atoms with Crippen molar-refractivity contribution in [2.45, 2.75) is 12.3 Å². The van der Waals surface area contributed by atoms with E-state index in [2.05, 4.69) is 0 Å². The lowest BCUT2D eigenvalue weighted by Gasteiger charge is -2.14. The molecule has 0 aliphatic rings. The van der Waals surface area contributed by atoms with E-state index >= 15 is 0 Å². The monoisotopic (exact) mass is 304 g/mol. The van der Waals surface area contributed by atoms with Crippen LogP contribution in [-0.4, -0.2) is 34.8 Å². The highest BCUT2D eigenvalue weighted by molar-refractivity contribution is 5.91. The highest BCUT2D eigenvalue weighted by atomic mass is 19.4. The van der Waals surface area contributed by atoms with Gasteiger partial charge < -0.3 is 10.4 Å². The molecule has 9 heteroatoms. The Morgan fingerprint density at radius 2 is 1.95 bits per heavy atom. The first-order valence-corrected chi connectivity index (χ1v) is 5.65. The molecule has 0 bridgehead atoms. The van der Waals surface area contributed by atoms with Crippen LogP contribution in [0.3, 0.4) is 0 Å². The van der Waals surface area contributed by atoms with Gasteiger partial charge in [0.1, 0.15) is 0 Å². The number of aliphatic hydroxyl groups is 1. The predicted molar refractivity (Wildman–Crippen MR) is 67.2 cm³/mol. The highest BCUT2D eigenvalue weighted by Crippen LogP contribution is 2.19. The van der Waals surface area contributed by atoms with E-state index in [-0.39, 0.29) is 5.69 Å². The molecule has 0 radical (unpaired) electrons. The van der Waals surface area contributed by atoms with Crippen LogP contribution in [0.1, 0.15) is 5.56 Å². The number of hydrogen-bond acceptors (Lipinski definition) is 4. The summed E-state index contributed by atoms with van der Waals surface area (Å²) in [7, 11) is 0. The maximum atomic E-state index is 12.0. The zero-order valence-corrected chi connectivity index (χ0v) is 10.5. The van der Waals surface area contributed by atoms with E-state index in [4.69, 9.17) is 5.11 Å². The molecule has 1 aromatic carbocycles. The minimum absolute atomic E-state index is 0.120. The van der Waals surface area contributed by atoms with Gasteiger partial charge in [0.25, 0.3) is 5.69 Å². The Kier molecular flexibility index (Phi) is 5.42. The number of carbonyl (C=O) groups is 1. The van der Waals surface area contributed by atoms with Gasteiger partial charge >= 0.3 is 6.18 Å². The fraction of sp³-hybridized carbons (Fsp3) is 0.250. The van der Waals surface area contributed by atoms with E-state index in [9.17, 15) is 28.1 Å². The van der Waals surface area contributed by atoms with Crippen LogP contribution in [0.15, 0.2) is 30.3 Å². The maximum absolute atomic E-state index is 12.0. The van der Waals surface area contributed by atoms with Crippen molar-refractivity contribution in [3.8, 4) is 0 Å². The van der Waals surface area contributed by atoms with Gasteiger partial charge in [-0.1, -0.05) is 0 Å². The molecule has 1 unspecified atom stereocenters.